The van der Waals surface area contributed by atoms with Gasteiger partial charge >= 0.3 is 60.8 Å². The third-order valence-electron chi connectivity index (χ3n) is 5.22. The Morgan fingerprint density at radius 1 is 0.435 bits per heavy atom. The molecule has 0 saturated carbocycles. The fraction of sp³-hybridized carbons (Fsp3) is 1.00. The van der Waals surface area contributed by atoms with Gasteiger partial charge in [0.05, 0.1) is 0 Å². The molecule has 0 fully saturated rings. The average Bonchev–Trinajstić information content (AvgIpc) is 2.68. The molecule has 36 heteroatoms. The van der Waals surface area contributed by atoms with Crippen LogP contribution in [0.15, 0.2) is 0 Å². The Bertz CT molecular complexity index is 1280. The van der Waals surface area contributed by atoms with E-state index in [0.717, 1.165) is 13.8 Å². The van der Waals surface area contributed by atoms with Gasteiger partial charge in [0.1, 0.15) is 0 Å². The van der Waals surface area contributed by atoms with Crippen LogP contribution in [0.5, 0.6) is 0 Å². The molecule has 26 nitrogen and oxygen atoms in total. The van der Waals surface area contributed by atoms with Crippen LogP contribution in [-0.2, 0) is 36.5 Å². The lowest BCUT2D eigenvalue weighted by Crippen LogP contribution is -2.53. The van der Waals surface area contributed by atoms with Gasteiger partial charge in [0, 0.05) is 13.1 Å². The van der Waals surface area contributed by atoms with Crippen LogP contribution in [0.1, 0.15) is 26.7 Å². The van der Waals surface area contributed by atoms with Crippen LogP contribution < -0.4 is 0 Å². The van der Waals surface area contributed by atoms with Crippen molar-refractivity contribution in [1.82, 2.24) is 9.80 Å². The Labute approximate surface area is 266 Å². The van der Waals surface area contributed by atoms with Crippen molar-refractivity contribution in [3.8, 4) is 0 Å². The number of hydrogen-bond donors (Lipinski definition) is 16. The van der Waals surface area contributed by atoms with Crippen LogP contribution in [0.3, 0.4) is 0 Å². The number of nitrogens with zero attached hydrogens (tertiary/aromatic N) is 2. The van der Waals surface area contributed by atoms with Crippen LogP contribution in [0.25, 0.3) is 0 Å². The van der Waals surface area contributed by atoms with E-state index in [4.69, 9.17) is 0 Å². The maximum absolute atomic E-state index is 12.9. The molecule has 0 aromatic rings. The van der Waals surface area contributed by atoms with E-state index in [9.17, 15) is 115 Å². The fourth-order valence-corrected chi connectivity index (χ4v) is 24.0. The van der Waals surface area contributed by atoms with E-state index in [2.05, 4.69) is 0 Å². The van der Waals surface area contributed by atoms with Gasteiger partial charge < -0.3 is 78.3 Å². The van der Waals surface area contributed by atoms with Gasteiger partial charge in [0.15, 0.2) is 0 Å². The van der Waals surface area contributed by atoms with Crippen LogP contribution in [0.2, 0.25) is 0 Å². The molecular formula is C10H32N2O24P8S2. The van der Waals surface area contributed by atoms with Crippen molar-refractivity contribution in [2.24, 2.45) is 0 Å². The van der Waals surface area contributed by atoms with E-state index in [1.54, 1.807) is 0 Å². The first-order valence-electron chi connectivity index (χ1n) is 11.2. The standard InChI is InChI=1S/C10H32N2O24P8S2/c1-3-5-11(7(37(13,14)15)38(16,17)18)9(41(25,26)27,42(28,29)30)45-46-10(43(31,32)33,44(34,35)36)12(6-4-2)8(39(19,20)21)40(22,23)24/h7-8H,3-6H2,1-2H3,(H2,13,14,15)(H2,16,17,18)(H2,19,20,21)(H2,22,23,24)(H2,25,26,27)(H2,28,29,30)(H2,31,32,33)(H2,34,35,36). The van der Waals surface area contributed by atoms with E-state index in [1.165, 1.54) is 0 Å². The summed E-state index contributed by atoms with van der Waals surface area (Å²) in [7, 11) is -57.1. The molecule has 0 aliphatic heterocycles. The third kappa shape index (κ3) is 10.2. The third-order valence-corrected chi connectivity index (χ3v) is 27.7. The van der Waals surface area contributed by atoms with Crippen molar-refractivity contribution in [1.29, 1.82) is 0 Å². The molecule has 0 aliphatic carbocycles. The van der Waals surface area contributed by atoms with E-state index >= 15 is 0 Å². The molecule has 0 aromatic heterocycles. The summed E-state index contributed by atoms with van der Waals surface area (Å²) in [4.78, 5) is 158. The monoisotopic (exact) mass is 876 g/mol. The zero-order valence-corrected chi connectivity index (χ0v) is 31.5. The van der Waals surface area contributed by atoms with Gasteiger partial charge in [-0.05, 0) is 34.4 Å². The minimum absolute atomic E-state index is 0.744. The summed E-state index contributed by atoms with van der Waals surface area (Å²) < 4.78 is 90.8. The van der Waals surface area contributed by atoms with E-state index < -0.39 is 138 Å². The maximum Gasteiger partial charge on any atom is 0.369 e. The molecule has 0 bridgehead atoms. The second-order valence-corrected chi connectivity index (χ2v) is 27.8. The summed E-state index contributed by atoms with van der Waals surface area (Å²) in [5, 5.41) is 0. The zero-order valence-electron chi connectivity index (χ0n) is 22.7. The van der Waals surface area contributed by atoms with Crippen molar-refractivity contribution in [2.45, 2.75) is 46.4 Å². The summed E-state index contributed by atoms with van der Waals surface area (Å²) in [6.07, 6.45) is -1.49. The van der Waals surface area contributed by atoms with E-state index in [1.807, 2.05) is 0 Å². The molecular weight excluding hydrogens is 844 g/mol. The van der Waals surface area contributed by atoms with Crippen LogP contribution in [0.4, 0.5) is 0 Å². The highest BCUT2D eigenvalue weighted by molar-refractivity contribution is 8.81. The maximum atomic E-state index is 12.9. The molecule has 0 saturated heterocycles. The van der Waals surface area contributed by atoms with Crippen molar-refractivity contribution in [3.63, 3.8) is 0 Å². The fourth-order valence-electron chi connectivity index (χ4n) is 3.83. The van der Waals surface area contributed by atoms with Crippen LogP contribution in [0, 0.1) is 0 Å². The first-order valence-corrected chi connectivity index (χ1v) is 26.5. The summed E-state index contributed by atoms with van der Waals surface area (Å²) in [5.74, 6) is 0. The first kappa shape index (κ1) is 47.8. The lowest BCUT2D eigenvalue weighted by atomic mass is 10.5. The van der Waals surface area contributed by atoms with Gasteiger partial charge in [-0.25, -0.2) is 9.80 Å². The molecule has 16 N–H and O–H groups in total. The molecule has 0 heterocycles. The van der Waals surface area contributed by atoms with Gasteiger partial charge in [-0.15, -0.1) is 0 Å². The summed E-state index contributed by atoms with van der Waals surface area (Å²) in [6, 6.07) is 0. The number of hydrogen-bond acceptors (Lipinski definition) is 12. The molecule has 0 atom stereocenters. The molecule has 46 heavy (non-hydrogen) atoms. The summed E-state index contributed by atoms with van der Waals surface area (Å²) >= 11 is 0. The van der Waals surface area contributed by atoms with Gasteiger partial charge in [-0.2, -0.15) is 0 Å². The second kappa shape index (κ2) is 15.4. The molecule has 278 valence electrons. The van der Waals surface area contributed by atoms with Crippen LogP contribution in [-0.4, -0.2) is 121 Å². The van der Waals surface area contributed by atoms with Crippen molar-refractivity contribution in [2.75, 3.05) is 13.1 Å². The van der Waals surface area contributed by atoms with Gasteiger partial charge in [0.2, 0.25) is 11.0 Å². The summed E-state index contributed by atoms with van der Waals surface area (Å²) in [5.41, 5.74) is -7.78. The average molecular weight is 876 g/mol. The van der Waals surface area contributed by atoms with E-state index in [-0.39, 0.29) is 0 Å². The lowest BCUT2D eigenvalue weighted by Gasteiger charge is -2.49. The predicted octanol–water partition coefficient (Wildman–Crippen LogP) is -0.997. The lowest BCUT2D eigenvalue weighted by molar-refractivity contribution is 0.182. The minimum atomic E-state index is -7.05. The van der Waals surface area contributed by atoms with Crippen molar-refractivity contribution >= 4 is 82.4 Å². The predicted molar refractivity (Wildman–Crippen MR) is 159 cm³/mol. The smallest absolute Gasteiger partial charge is 0.323 e. The molecule has 0 unspecified atom stereocenters. The molecule has 0 radical (unpaired) electrons. The zero-order chi connectivity index (χ0) is 37.6. The van der Waals surface area contributed by atoms with Crippen molar-refractivity contribution in [3.05, 3.63) is 0 Å². The Morgan fingerprint density at radius 2 is 0.609 bits per heavy atom. The van der Waals surface area contributed by atoms with Gasteiger partial charge in [0.25, 0.3) is 8.71 Å². The summed E-state index contributed by atoms with van der Waals surface area (Å²) in [6.45, 7) is -1.13. The molecule has 0 rings (SSSR count). The molecule has 0 spiro atoms. The highest BCUT2D eigenvalue weighted by Gasteiger charge is 2.75. The minimum Gasteiger partial charge on any atom is -0.323 e. The van der Waals surface area contributed by atoms with E-state index in [0.29, 0.717) is 0 Å². The topological polar surface area (TPSA) is 467 Å². The largest absolute Gasteiger partial charge is 0.369 e. The van der Waals surface area contributed by atoms with Crippen LogP contribution >= 0.6 is 82.4 Å². The normalized spacial score (nSPS) is 15.9. The van der Waals surface area contributed by atoms with Crippen molar-refractivity contribution < 1.29 is 115 Å². The van der Waals surface area contributed by atoms with Gasteiger partial charge in [-0.3, -0.25) is 36.5 Å². The number of rotatable bonds is 19. The highest BCUT2D eigenvalue weighted by Crippen LogP contribution is 2.86. The Balaban J connectivity index is 8.65. The molecule has 0 aromatic carbocycles. The quantitative estimate of drug-likeness (QED) is 0.0420. The second-order valence-electron chi connectivity index (χ2n) is 8.93. The van der Waals surface area contributed by atoms with Gasteiger partial charge in [-0.1, -0.05) is 13.8 Å². The highest BCUT2D eigenvalue weighted by atomic mass is 33.1. The Morgan fingerprint density at radius 3 is 0.717 bits per heavy atom. The Kier molecular flexibility index (Phi) is 16.0. The molecule has 0 aliphatic rings. The molecule has 0 amide bonds. The first-order chi connectivity index (χ1) is 19.8. The SMILES string of the molecule is CCCN(C(P(=O)(O)O)P(=O)(O)O)C(SSC(N(CCC)C(P(=O)(O)O)P(=O)(O)O)(P(=O)(O)O)P(=O)(O)O)(P(=O)(O)O)P(=O)(O)O. The Hall–Kier alpha value is 1.82.